The molecule has 3 heteroatoms. The zero-order valence-electron chi connectivity index (χ0n) is 5.56. The van der Waals surface area contributed by atoms with Gasteiger partial charge in [-0.25, -0.2) is 0 Å². The number of nitrogens with one attached hydrogen (secondary N) is 1. The third-order valence-electron chi connectivity index (χ3n) is 0.800. The van der Waals surface area contributed by atoms with Crippen molar-refractivity contribution in [3.63, 3.8) is 0 Å². The van der Waals surface area contributed by atoms with Crippen LogP contribution >= 0.6 is 11.6 Å². The van der Waals surface area contributed by atoms with E-state index in [-0.39, 0.29) is 0 Å². The van der Waals surface area contributed by atoms with Gasteiger partial charge in [-0.3, -0.25) is 0 Å². The highest BCUT2D eigenvalue weighted by Gasteiger charge is 1.79. The molecule has 0 heterocycles. The molecule has 0 aliphatic rings. The van der Waals surface area contributed by atoms with Gasteiger partial charge in [0.15, 0.2) is 0 Å². The third kappa shape index (κ3) is 7.95. The summed E-state index contributed by atoms with van der Waals surface area (Å²) in [5, 5.41) is 2.96. The maximum absolute atomic E-state index is 5.24. The van der Waals surface area contributed by atoms with Gasteiger partial charge in [-0.2, -0.15) is 0 Å². The van der Waals surface area contributed by atoms with E-state index in [1.165, 1.54) is 5.54 Å². The first kappa shape index (κ1) is 8.95. The molecule has 0 fully saturated rings. The maximum Gasteiger partial charge on any atom is 0.0659 e. The Bertz CT molecular complexity index is 75.5. The summed E-state index contributed by atoms with van der Waals surface area (Å²) in [6, 6.07) is 0. The summed E-state index contributed by atoms with van der Waals surface area (Å²) in [7, 11) is 1.89. The van der Waals surface area contributed by atoms with Crippen LogP contribution in [0.15, 0.2) is 11.6 Å². The highest BCUT2D eigenvalue weighted by molar-refractivity contribution is 6.25. The Morgan fingerprint density at radius 2 is 2.44 bits per heavy atom. The highest BCUT2D eigenvalue weighted by atomic mass is 35.5. The fourth-order valence-corrected chi connectivity index (χ4v) is 0.435. The van der Waals surface area contributed by atoms with Gasteiger partial charge in [-0.15, -0.1) is 0 Å². The van der Waals surface area contributed by atoms with Crippen molar-refractivity contribution in [3.05, 3.63) is 11.6 Å². The van der Waals surface area contributed by atoms with Crippen molar-refractivity contribution < 1.29 is 4.74 Å². The number of ether oxygens (including phenoxy) is 1. The van der Waals surface area contributed by atoms with Crippen molar-refractivity contribution in [2.24, 2.45) is 0 Å². The quantitative estimate of drug-likeness (QED) is 0.589. The molecule has 0 aliphatic heterocycles. The standard InChI is InChI=1S/C6H12ClNO/c1-8-4-6-9-5-2-3-7/h2-3,8H,4-6H2,1H3/b3-2+. The van der Waals surface area contributed by atoms with E-state index in [4.69, 9.17) is 16.3 Å². The summed E-state index contributed by atoms with van der Waals surface area (Å²) < 4.78 is 5.08. The van der Waals surface area contributed by atoms with E-state index >= 15 is 0 Å². The van der Waals surface area contributed by atoms with Gasteiger partial charge in [0.1, 0.15) is 0 Å². The molecule has 0 amide bonds. The van der Waals surface area contributed by atoms with Gasteiger partial charge in [-0.05, 0) is 13.1 Å². The van der Waals surface area contributed by atoms with Crippen LogP contribution in [-0.4, -0.2) is 26.8 Å². The van der Waals surface area contributed by atoms with Gasteiger partial charge in [0.25, 0.3) is 0 Å². The summed E-state index contributed by atoms with van der Waals surface area (Å²) in [6.45, 7) is 2.22. The molecule has 0 saturated carbocycles. The fraction of sp³-hybridized carbons (Fsp3) is 0.667. The molecule has 0 saturated heterocycles. The van der Waals surface area contributed by atoms with Crippen LogP contribution in [0.2, 0.25) is 0 Å². The Labute approximate surface area is 60.8 Å². The van der Waals surface area contributed by atoms with E-state index in [1.54, 1.807) is 6.08 Å². The largest absolute Gasteiger partial charge is 0.376 e. The summed E-state index contributed by atoms with van der Waals surface area (Å²) >= 11 is 5.24. The third-order valence-corrected chi connectivity index (χ3v) is 0.978. The molecule has 0 aromatic rings. The number of halogens is 1. The zero-order chi connectivity index (χ0) is 6.95. The van der Waals surface area contributed by atoms with Crippen LogP contribution in [0.3, 0.4) is 0 Å². The summed E-state index contributed by atoms with van der Waals surface area (Å²) in [5.74, 6) is 0. The SMILES string of the molecule is CNCCOC/C=C/Cl. The molecule has 0 bridgehead atoms. The highest BCUT2D eigenvalue weighted by Crippen LogP contribution is 1.79. The molecule has 2 nitrogen and oxygen atoms in total. The van der Waals surface area contributed by atoms with Crippen molar-refractivity contribution >= 4 is 11.6 Å². The van der Waals surface area contributed by atoms with Crippen LogP contribution in [0.1, 0.15) is 0 Å². The van der Waals surface area contributed by atoms with Crippen LogP contribution in [0, 0.1) is 0 Å². The Hall–Kier alpha value is -0.0500. The zero-order valence-corrected chi connectivity index (χ0v) is 6.32. The first-order valence-corrected chi connectivity index (χ1v) is 3.33. The van der Waals surface area contributed by atoms with Crippen molar-refractivity contribution in [3.8, 4) is 0 Å². The molecule has 0 spiro atoms. The van der Waals surface area contributed by atoms with Crippen molar-refractivity contribution in [1.29, 1.82) is 0 Å². The van der Waals surface area contributed by atoms with Crippen LogP contribution in [-0.2, 0) is 4.74 Å². The van der Waals surface area contributed by atoms with Crippen LogP contribution in [0.25, 0.3) is 0 Å². The van der Waals surface area contributed by atoms with E-state index in [2.05, 4.69) is 5.32 Å². The maximum atomic E-state index is 5.24. The van der Waals surface area contributed by atoms with Gasteiger partial charge in [0.2, 0.25) is 0 Å². The molecule has 9 heavy (non-hydrogen) atoms. The topological polar surface area (TPSA) is 21.3 Å². The second-order valence-electron chi connectivity index (χ2n) is 1.54. The minimum Gasteiger partial charge on any atom is -0.376 e. The lowest BCUT2D eigenvalue weighted by molar-refractivity contribution is 0.165. The monoisotopic (exact) mass is 149 g/mol. The Morgan fingerprint density at radius 1 is 1.67 bits per heavy atom. The van der Waals surface area contributed by atoms with Crippen molar-refractivity contribution in [2.45, 2.75) is 0 Å². The van der Waals surface area contributed by atoms with Crippen molar-refractivity contribution in [2.75, 3.05) is 26.8 Å². The lowest BCUT2D eigenvalue weighted by atomic mass is 10.6. The molecule has 0 unspecified atom stereocenters. The smallest absolute Gasteiger partial charge is 0.0659 e. The Balaban J connectivity index is 2.75. The van der Waals surface area contributed by atoms with Gasteiger partial charge in [0, 0.05) is 12.1 Å². The second kappa shape index (κ2) is 7.95. The minimum atomic E-state index is 0.602. The molecule has 0 aliphatic carbocycles. The van der Waals surface area contributed by atoms with Gasteiger partial charge in [-0.1, -0.05) is 11.6 Å². The molecule has 1 N–H and O–H groups in total. The predicted molar refractivity (Wildman–Crippen MR) is 39.7 cm³/mol. The first-order valence-electron chi connectivity index (χ1n) is 2.89. The minimum absolute atomic E-state index is 0.602. The molecule has 54 valence electrons. The fourth-order valence-electron chi connectivity index (χ4n) is 0.362. The molecule has 0 aromatic heterocycles. The lowest BCUT2D eigenvalue weighted by Gasteiger charge is -1.97. The molecule has 0 atom stereocenters. The number of hydrogen-bond donors (Lipinski definition) is 1. The average molecular weight is 150 g/mol. The lowest BCUT2D eigenvalue weighted by Crippen LogP contribution is -2.13. The van der Waals surface area contributed by atoms with E-state index < -0.39 is 0 Å². The van der Waals surface area contributed by atoms with Crippen LogP contribution in [0.4, 0.5) is 0 Å². The molecule has 0 radical (unpaired) electrons. The number of likely N-dealkylation sites (N-methyl/N-ethyl adjacent to an activating group) is 1. The molecular formula is C6H12ClNO. The first-order chi connectivity index (χ1) is 4.41. The molecule has 0 aromatic carbocycles. The molecular weight excluding hydrogens is 138 g/mol. The van der Waals surface area contributed by atoms with Gasteiger partial charge >= 0.3 is 0 Å². The second-order valence-corrected chi connectivity index (χ2v) is 1.79. The molecule has 0 rings (SSSR count). The van der Waals surface area contributed by atoms with Crippen LogP contribution in [0.5, 0.6) is 0 Å². The Morgan fingerprint density at radius 3 is 3.00 bits per heavy atom. The number of rotatable bonds is 5. The number of hydrogen-bond acceptors (Lipinski definition) is 2. The van der Waals surface area contributed by atoms with Gasteiger partial charge in [0.05, 0.1) is 13.2 Å². The summed E-state index contributed by atoms with van der Waals surface area (Å²) in [6.07, 6.45) is 1.76. The Kier molecular flexibility index (Phi) is 7.91. The normalized spacial score (nSPS) is 10.9. The van der Waals surface area contributed by atoms with Crippen LogP contribution < -0.4 is 5.32 Å². The van der Waals surface area contributed by atoms with E-state index in [1.807, 2.05) is 7.05 Å². The van der Waals surface area contributed by atoms with E-state index in [0.717, 1.165) is 13.2 Å². The van der Waals surface area contributed by atoms with Gasteiger partial charge < -0.3 is 10.1 Å². The van der Waals surface area contributed by atoms with E-state index in [9.17, 15) is 0 Å². The van der Waals surface area contributed by atoms with Crippen molar-refractivity contribution in [1.82, 2.24) is 5.32 Å². The predicted octanol–water partition coefficient (Wildman–Crippen LogP) is 0.975. The summed E-state index contributed by atoms with van der Waals surface area (Å²) in [4.78, 5) is 0. The average Bonchev–Trinajstić information content (AvgIpc) is 1.89. The summed E-state index contributed by atoms with van der Waals surface area (Å²) in [5.41, 5.74) is 1.46. The van der Waals surface area contributed by atoms with E-state index in [0.29, 0.717) is 6.61 Å².